The van der Waals surface area contributed by atoms with Gasteiger partial charge in [0.15, 0.2) is 23.8 Å². The number of amides is 1. The van der Waals surface area contributed by atoms with Crippen molar-refractivity contribution in [1.82, 2.24) is 20.2 Å². The molecule has 0 bridgehead atoms. The molecule has 3 N–H and O–H groups in total. The molecule has 0 saturated carbocycles. The van der Waals surface area contributed by atoms with E-state index in [9.17, 15) is 9.59 Å². The maximum absolute atomic E-state index is 12.5. The van der Waals surface area contributed by atoms with Crippen LogP contribution in [-0.4, -0.2) is 58.1 Å². The van der Waals surface area contributed by atoms with E-state index in [0.29, 0.717) is 50.6 Å². The van der Waals surface area contributed by atoms with Crippen molar-refractivity contribution in [3.05, 3.63) is 76.3 Å². The molecule has 0 spiro atoms. The minimum atomic E-state index is -0.423. The van der Waals surface area contributed by atoms with Gasteiger partial charge in [-0.1, -0.05) is 18.2 Å². The molecule has 2 aromatic heterocycles. The first kappa shape index (κ1) is 28.5. The first-order valence-corrected chi connectivity index (χ1v) is 13.8. The highest BCUT2D eigenvalue weighted by molar-refractivity contribution is 9.10. The van der Waals surface area contributed by atoms with E-state index >= 15 is 0 Å². The van der Waals surface area contributed by atoms with Crippen molar-refractivity contribution in [2.75, 3.05) is 30.6 Å². The number of esters is 1. The van der Waals surface area contributed by atoms with Crippen molar-refractivity contribution in [1.29, 1.82) is 0 Å². The van der Waals surface area contributed by atoms with Crippen LogP contribution < -0.4 is 20.2 Å². The van der Waals surface area contributed by atoms with E-state index in [1.807, 2.05) is 31.2 Å². The van der Waals surface area contributed by atoms with E-state index in [-0.39, 0.29) is 25.1 Å². The molecular weight excluding hydrogens is 606 g/mol. The molecule has 0 fully saturated rings. The third-order valence-electron chi connectivity index (χ3n) is 5.86. The quantitative estimate of drug-likeness (QED) is 0.1000. The minimum absolute atomic E-state index is 0.232. The smallest absolute Gasteiger partial charge is 0.338 e. The van der Waals surface area contributed by atoms with Gasteiger partial charge in [-0.15, -0.1) is 10.2 Å². The van der Waals surface area contributed by atoms with Crippen LogP contribution in [0.5, 0.6) is 11.5 Å². The Kier molecular flexibility index (Phi) is 8.87. The molecule has 0 saturated heterocycles. The van der Waals surface area contributed by atoms with Gasteiger partial charge in [-0.2, -0.15) is 10.1 Å². The van der Waals surface area contributed by atoms with Crippen LogP contribution in [0.2, 0.25) is 0 Å². The number of hydrazone groups is 1. The lowest BCUT2D eigenvalue weighted by Gasteiger charge is -2.14. The van der Waals surface area contributed by atoms with Crippen molar-refractivity contribution < 1.29 is 23.8 Å². The number of benzene rings is 3. The van der Waals surface area contributed by atoms with Crippen molar-refractivity contribution >= 4 is 67.7 Å². The second kappa shape index (κ2) is 13.1. The molecule has 5 aromatic rings. The first-order chi connectivity index (χ1) is 20.4. The van der Waals surface area contributed by atoms with Crippen LogP contribution >= 0.6 is 15.9 Å². The fraction of sp³-hybridized carbons (Fsp3) is 0.172. The zero-order valence-corrected chi connectivity index (χ0v) is 24.3. The van der Waals surface area contributed by atoms with E-state index in [0.717, 1.165) is 10.9 Å². The Hall–Kier alpha value is -5.04. The minimum Gasteiger partial charge on any atom is -0.490 e. The molecule has 0 aliphatic heterocycles. The molecule has 42 heavy (non-hydrogen) atoms. The van der Waals surface area contributed by atoms with Gasteiger partial charge >= 0.3 is 5.97 Å². The highest BCUT2D eigenvalue weighted by Crippen LogP contribution is 2.36. The number of anilines is 2. The van der Waals surface area contributed by atoms with Crippen LogP contribution in [0, 0.1) is 0 Å². The number of H-pyrrole nitrogens is 1. The molecule has 12 nitrogen and oxygen atoms in total. The van der Waals surface area contributed by atoms with Crippen molar-refractivity contribution in [2.24, 2.45) is 5.10 Å². The van der Waals surface area contributed by atoms with Crippen LogP contribution in [0.1, 0.15) is 29.8 Å². The van der Waals surface area contributed by atoms with Gasteiger partial charge < -0.3 is 24.5 Å². The highest BCUT2D eigenvalue weighted by atomic mass is 79.9. The van der Waals surface area contributed by atoms with E-state index < -0.39 is 5.97 Å². The lowest BCUT2D eigenvalue weighted by atomic mass is 10.2. The Labute approximate surface area is 248 Å². The second-order valence-electron chi connectivity index (χ2n) is 8.77. The number of hydrogen-bond acceptors (Lipinski definition) is 10. The molecule has 5 rings (SSSR count). The molecule has 0 aliphatic rings. The Bertz CT molecular complexity index is 1770. The second-order valence-corrected chi connectivity index (χ2v) is 9.63. The van der Waals surface area contributed by atoms with Gasteiger partial charge in [0.1, 0.15) is 5.52 Å². The zero-order valence-electron chi connectivity index (χ0n) is 22.7. The summed E-state index contributed by atoms with van der Waals surface area (Å²) in [7, 11) is 0. The average molecular weight is 632 g/mol. The number of carbonyl (C=O) groups is 2. The van der Waals surface area contributed by atoms with Crippen molar-refractivity contribution in [3.8, 4) is 11.5 Å². The molecule has 0 unspecified atom stereocenters. The molecule has 0 radical (unpaired) electrons. The number of halogens is 1. The number of nitrogens with one attached hydrogen (secondary N) is 3. The summed E-state index contributed by atoms with van der Waals surface area (Å²) in [5, 5.41) is 16.3. The maximum atomic E-state index is 12.5. The van der Waals surface area contributed by atoms with E-state index in [2.05, 4.69) is 51.9 Å². The molecule has 0 aliphatic carbocycles. The van der Waals surface area contributed by atoms with Gasteiger partial charge in [0.05, 0.1) is 29.5 Å². The largest absolute Gasteiger partial charge is 0.490 e. The number of ether oxygens (including phenoxy) is 3. The summed E-state index contributed by atoms with van der Waals surface area (Å²) in [6, 6.07) is 17.7. The third kappa shape index (κ3) is 6.63. The van der Waals surface area contributed by atoms with E-state index in [1.54, 1.807) is 49.5 Å². The lowest BCUT2D eigenvalue weighted by Crippen LogP contribution is -2.20. The Morgan fingerprint density at radius 2 is 1.83 bits per heavy atom. The van der Waals surface area contributed by atoms with Crippen LogP contribution in [0.15, 0.2) is 70.2 Å². The molecule has 214 valence electrons. The van der Waals surface area contributed by atoms with Crippen LogP contribution in [0.4, 0.5) is 11.6 Å². The van der Waals surface area contributed by atoms with Crippen molar-refractivity contribution in [3.63, 3.8) is 0 Å². The number of rotatable bonds is 11. The van der Waals surface area contributed by atoms with Gasteiger partial charge in [-0.3, -0.25) is 4.79 Å². The highest BCUT2D eigenvalue weighted by Gasteiger charge is 2.15. The fourth-order valence-electron chi connectivity index (χ4n) is 4.04. The number of aromatic nitrogens is 4. The standard InChI is InChI=1S/C29H26BrN7O5/c1-3-40-23-14-17(15-31-36-29-34-27-25(35-37-29)20-7-5-6-8-22(20)33-27)13-21(30)26(23)42-16-24(38)32-19-11-9-18(10-12-19)28(39)41-4-2/h5-15H,3-4,16H2,1-2H3,(H,32,38)(H2,33,34,36,37). The number of carbonyl (C=O) groups excluding carboxylic acids is 2. The van der Waals surface area contributed by atoms with Crippen LogP contribution in [0.3, 0.4) is 0 Å². The summed E-state index contributed by atoms with van der Waals surface area (Å²) in [6.45, 7) is 3.98. The maximum Gasteiger partial charge on any atom is 0.338 e. The predicted octanol–water partition coefficient (Wildman–Crippen LogP) is 5.31. The van der Waals surface area contributed by atoms with Gasteiger partial charge in [-0.25, -0.2) is 10.2 Å². The molecular formula is C29H26BrN7O5. The van der Waals surface area contributed by atoms with Crippen molar-refractivity contribution in [2.45, 2.75) is 13.8 Å². The fourth-order valence-corrected chi connectivity index (χ4v) is 4.61. The Balaban J connectivity index is 1.22. The number of hydrogen-bond donors (Lipinski definition) is 3. The molecule has 13 heteroatoms. The molecule has 2 heterocycles. The van der Waals surface area contributed by atoms with Crippen LogP contribution in [-0.2, 0) is 9.53 Å². The SMILES string of the molecule is CCOC(=O)c1ccc(NC(=O)COc2c(Br)cc(C=NNc3nnc4c(n3)[nH]c3ccccc34)cc2OCC)cc1. The number of fused-ring (bicyclic) bond motifs is 3. The van der Waals surface area contributed by atoms with Gasteiger partial charge in [0, 0.05) is 16.6 Å². The molecule has 1 amide bonds. The molecule has 3 aromatic carbocycles. The number of aromatic amines is 1. The molecule has 0 atom stereocenters. The summed E-state index contributed by atoms with van der Waals surface area (Å²) in [5.41, 5.74) is 6.61. The third-order valence-corrected chi connectivity index (χ3v) is 6.45. The van der Waals surface area contributed by atoms with Crippen LogP contribution in [0.25, 0.3) is 22.1 Å². The predicted molar refractivity (Wildman–Crippen MR) is 162 cm³/mol. The average Bonchev–Trinajstić information content (AvgIpc) is 3.35. The summed E-state index contributed by atoms with van der Waals surface area (Å²) in [4.78, 5) is 32.0. The summed E-state index contributed by atoms with van der Waals surface area (Å²) >= 11 is 3.50. The van der Waals surface area contributed by atoms with Gasteiger partial charge in [0.25, 0.3) is 11.9 Å². The number of nitrogens with zero attached hydrogens (tertiary/aromatic N) is 4. The van der Waals surface area contributed by atoms with Gasteiger partial charge in [0.2, 0.25) is 0 Å². The zero-order chi connectivity index (χ0) is 29.5. The first-order valence-electron chi connectivity index (χ1n) is 13.0. The van der Waals surface area contributed by atoms with Gasteiger partial charge in [-0.05, 0) is 77.8 Å². The number of para-hydroxylation sites is 1. The normalized spacial score (nSPS) is 11.1. The summed E-state index contributed by atoms with van der Waals surface area (Å²) in [5.74, 6) is 0.219. The lowest BCUT2D eigenvalue weighted by molar-refractivity contribution is -0.118. The van der Waals surface area contributed by atoms with E-state index in [4.69, 9.17) is 14.2 Å². The summed E-state index contributed by atoms with van der Waals surface area (Å²) < 4.78 is 17.1. The summed E-state index contributed by atoms with van der Waals surface area (Å²) in [6.07, 6.45) is 1.57. The Morgan fingerprint density at radius 1 is 1.02 bits per heavy atom. The topological polar surface area (TPSA) is 153 Å². The van der Waals surface area contributed by atoms with E-state index in [1.165, 1.54) is 0 Å². The monoisotopic (exact) mass is 631 g/mol. The Morgan fingerprint density at radius 3 is 2.62 bits per heavy atom.